The molecule has 4 nitrogen and oxygen atoms in total. The Kier molecular flexibility index (Phi) is 4.16. The fourth-order valence-electron chi connectivity index (χ4n) is 1.28. The largest absolute Gasteiger partial charge is 0.344 e. The predicted octanol–water partition coefficient (Wildman–Crippen LogP) is 2.07. The highest BCUT2D eigenvalue weighted by atomic mass is 35.5. The van der Waals surface area contributed by atoms with Gasteiger partial charge in [-0.25, -0.2) is 0 Å². The van der Waals surface area contributed by atoms with Crippen LogP contribution in [0.3, 0.4) is 0 Å². The molecule has 0 N–H and O–H groups in total. The number of nitriles is 3. The van der Waals surface area contributed by atoms with Crippen molar-refractivity contribution in [3.05, 3.63) is 28.8 Å². The number of benzene rings is 1. The van der Waals surface area contributed by atoms with E-state index < -0.39 is 0 Å². The Morgan fingerprint density at radius 1 is 1.12 bits per heavy atom. The summed E-state index contributed by atoms with van der Waals surface area (Å²) < 4.78 is 0. The molecule has 1 rings (SSSR count). The Hall–Kier alpha value is -2.22. The summed E-state index contributed by atoms with van der Waals surface area (Å²) in [6.07, 6.45) is 0. The molecule has 0 saturated carbocycles. The van der Waals surface area contributed by atoms with Crippen LogP contribution in [-0.2, 0) is 0 Å². The fraction of sp³-hybridized carbons (Fsp3) is 0.182. The van der Waals surface area contributed by atoms with Gasteiger partial charge in [-0.1, -0.05) is 17.7 Å². The molecule has 0 unspecified atom stereocenters. The molecule has 0 heterocycles. The van der Waals surface area contributed by atoms with Crippen molar-refractivity contribution in [2.24, 2.45) is 0 Å². The first-order chi connectivity index (χ1) is 7.74. The maximum absolute atomic E-state index is 8.96. The van der Waals surface area contributed by atoms with E-state index in [0.717, 1.165) is 0 Å². The van der Waals surface area contributed by atoms with E-state index in [9.17, 15) is 0 Å². The molecular formula is C11H7ClN4. The SMILES string of the molecule is N#CCN(CC#N)c1cccc(Cl)c1C#N. The summed E-state index contributed by atoms with van der Waals surface area (Å²) in [4.78, 5) is 1.50. The zero-order chi connectivity index (χ0) is 12.0. The molecule has 16 heavy (non-hydrogen) atoms. The number of hydrogen-bond donors (Lipinski definition) is 0. The van der Waals surface area contributed by atoms with Crippen LogP contribution in [-0.4, -0.2) is 13.1 Å². The summed E-state index contributed by atoms with van der Waals surface area (Å²) in [7, 11) is 0. The van der Waals surface area contributed by atoms with Crippen molar-refractivity contribution in [1.82, 2.24) is 0 Å². The van der Waals surface area contributed by atoms with Crippen molar-refractivity contribution in [2.75, 3.05) is 18.0 Å². The van der Waals surface area contributed by atoms with Crippen LogP contribution in [0.1, 0.15) is 5.56 Å². The minimum atomic E-state index is 0.0442. The number of rotatable bonds is 3. The summed E-state index contributed by atoms with van der Waals surface area (Å²) in [5.41, 5.74) is 0.799. The smallest absolute Gasteiger partial charge is 0.107 e. The van der Waals surface area contributed by atoms with E-state index in [1.54, 1.807) is 18.2 Å². The lowest BCUT2D eigenvalue weighted by atomic mass is 10.1. The van der Waals surface area contributed by atoms with Gasteiger partial charge in [-0.3, -0.25) is 0 Å². The van der Waals surface area contributed by atoms with Gasteiger partial charge in [0.2, 0.25) is 0 Å². The van der Waals surface area contributed by atoms with E-state index in [1.165, 1.54) is 4.90 Å². The molecule has 1 aromatic rings. The third-order valence-corrected chi connectivity index (χ3v) is 2.28. The maximum Gasteiger partial charge on any atom is 0.107 e. The molecule has 0 atom stereocenters. The van der Waals surface area contributed by atoms with Crippen LogP contribution in [0.25, 0.3) is 0 Å². The predicted molar refractivity (Wildman–Crippen MR) is 59.6 cm³/mol. The van der Waals surface area contributed by atoms with Gasteiger partial charge in [0.15, 0.2) is 0 Å². The minimum Gasteiger partial charge on any atom is -0.344 e. The Morgan fingerprint density at radius 3 is 2.25 bits per heavy atom. The lowest BCUT2D eigenvalue weighted by molar-refractivity contribution is 0.964. The third kappa shape index (κ3) is 2.42. The van der Waals surface area contributed by atoms with E-state index in [1.807, 2.05) is 18.2 Å². The molecule has 0 spiro atoms. The Morgan fingerprint density at radius 2 is 1.75 bits per heavy atom. The van der Waals surface area contributed by atoms with Gasteiger partial charge in [0, 0.05) is 0 Å². The number of nitrogens with zero attached hydrogens (tertiary/aromatic N) is 4. The van der Waals surface area contributed by atoms with Crippen LogP contribution in [0, 0.1) is 34.0 Å². The van der Waals surface area contributed by atoms with Crippen LogP contribution < -0.4 is 4.90 Å². The van der Waals surface area contributed by atoms with Gasteiger partial charge in [0.05, 0.1) is 28.4 Å². The first kappa shape index (κ1) is 11.9. The maximum atomic E-state index is 8.96. The second-order valence-corrected chi connectivity index (χ2v) is 3.33. The molecular weight excluding hydrogens is 224 g/mol. The van der Waals surface area contributed by atoms with Crippen LogP contribution in [0.5, 0.6) is 0 Å². The van der Waals surface area contributed by atoms with Crippen molar-refractivity contribution < 1.29 is 0 Å². The third-order valence-electron chi connectivity index (χ3n) is 1.97. The molecule has 0 aromatic heterocycles. The molecule has 78 valence electrons. The van der Waals surface area contributed by atoms with Gasteiger partial charge in [-0.05, 0) is 12.1 Å². The van der Waals surface area contributed by atoms with Crippen molar-refractivity contribution >= 4 is 17.3 Å². The summed E-state index contributed by atoms with van der Waals surface area (Å²) in [6.45, 7) is 0.0885. The highest BCUT2D eigenvalue weighted by molar-refractivity contribution is 6.32. The van der Waals surface area contributed by atoms with E-state index in [-0.39, 0.29) is 18.7 Å². The number of halogens is 1. The molecule has 0 aliphatic heterocycles. The summed E-state index contributed by atoms with van der Waals surface area (Å²) >= 11 is 5.86. The van der Waals surface area contributed by atoms with Crippen molar-refractivity contribution in [3.8, 4) is 18.2 Å². The molecule has 0 fully saturated rings. The van der Waals surface area contributed by atoms with E-state index in [0.29, 0.717) is 10.7 Å². The van der Waals surface area contributed by atoms with Gasteiger partial charge in [0.1, 0.15) is 19.2 Å². The molecule has 1 aromatic carbocycles. The van der Waals surface area contributed by atoms with Crippen molar-refractivity contribution in [2.45, 2.75) is 0 Å². The Bertz CT molecular complexity index is 488. The lowest BCUT2D eigenvalue weighted by Gasteiger charge is -2.19. The lowest BCUT2D eigenvalue weighted by Crippen LogP contribution is -2.24. The highest BCUT2D eigenvalue weighted by Crippen LogP contribution is 2.26. The van der Waals surface area contributed by atoms with E-state index in [4.69, 9.17) is 27.4 Å². The van der Waals surface area contributed by atoms with Crippen LogP contribution >= 0.6 is 11.6 Å². The topological polar surface area (TPSA) is 74.6 Å². The zero-order valence-corrected chi connectivity index (χ0v) is 9.07. The molecule has 0 aliphatic rings. The molecule has 0 saturated heterocycles. The van der Waals surface area contributed by atoms with Crippen LogP contribution in [0.2, 0.25) is 5.02 Å². The molecule has 0 bridgehead atoms. The molecule has 0 radical (unpaired) electrons. The van der Waals surface area contributed by atoms with Crippen molar-refractivity contribution in [3.63, 3.8) is 0 Å². The summed E-state index contributed by atoms with van der Waals surface area (Å²) in [5.74, 6) is 0. The summed E-state index contributed by atoms with van der Waals surface area (Å²) in [6, 6.07) is 10.8. The second kappa shape index (κ2) is 5.61. The first-order valence-corrected chi connectivity index (χ1v) is 4.79. The Labute approximate surface area is 98.5 Å². The zero-order valence-electron chi connectivity index (χ0n) is 8.31. The van der Waals surface area contributed by atoms with Crippen LogP contribution in [0.4, 0.5) is 5.69 Å². The second-order valence-electron chi connectivity index (χ2n) is 2.92. The van der Waals surface area contributed by atoms with E-state index in [2.05, 4.69) is 0 Å². The van der Waals surface area contributed by atoms with Gasteiger partial charge >= 0.3 is 0 Å². The number of anilines is 1. The van der Waals surface area contributed by atoms with Gasteiger partial charge in [-0.15, -0.1) is 0 Å². The van der Waals surface area contributed by atoms with E-state index >= 15 is 0 Å². The highest BCUT2D eigenvalue weighted by Gasteiger charge is 2.12. The average Bonchev–Trinajstić information content (AvgIpc) is 2.28. The first-order valence-electron chi connectivity index (χ1n) is 4.42. The minimum absolute atomic E-state index is 0.0442. The average molecular weight is 231 g/mol. The molecule has 0 amide bonds. The monoisotopic (exact) mass is 230 g/mol. The van der Waals surface area contributed by atoms with Gasteiger partial charge in [-0.2, -0.15) is 15.8 Å². The van der Waals surface area contributed by atoms with Crippen molar-refractivity contribution in [1.29, 1.82) is 15.8 Å². The Balaban J connectivity index is 3.21. The standard InChI is InChI=1S/C11H7ClN4/c12-10-2-1-3-11(9(10)8-15)16(6-4-13)7-5-14/h1-3H,6-7H2. The van der Waals surface area contributed by atoms with Gasteiger partial charge in [0.25, 0.3) is 0 Å². The summed E-state index contributed by atoms with van der Waals surface area (Å²) in [5, 5.41) is 26.6. The number of hydrogen-bond acceptors (Lipinski definition) is 4. The molecule has 5 heteroatoms. The van der Waals surface area contributed by atoms with Gasteiger partial charge < -0.3 is 4.90 Å². The normalized spacial score (nSPS) is 8.62. The van der Waals surface area contributed by atoms with Crippen LogP contribution in [0.15, 0.2) is 18.2 Å². The fourth-order valence-corrected chi connectivity index (χ4v) is 1.50. The quantitative estimate of drug-likeness (QED) is 0.745. The molecule has 0 aliphatic carbocycles.